The highest BCUT2D eigenvalue weighted by Crippen LogP contribution is 2.56. The van der Waals surface area contributed by atoms with Crippen molar-refractivity contribution in [3.63, 3.8) is 0 Å². The van der Waals surface area contributed by atoms with Crippen molar-refractivity contribution in [3.05, 3.63) is 88.7 Å². The molecule has 0 aromatic heterocycles. The summed E-state index contributed by atoms with van der Waals surface area (Å²) in [4.78, 5) is 11.4. The van der Waals surface area contributed by atoms with Crippen LogP contribution in [-0.4, -0.2) is 14.4 Å². The van der Waals surface area contributed by atoms with E-state index in [4.69, 9.17) is 9.47 Å². The van der Waals surface area contributed by atoms with Gasteiger partial charge in [-0.25, -0.2) is 9.18 Å². The average Bonchev–Trinajstić information content (AvgIpc) is 2.95. The Balaban J connectivity index is 1.91. The topological polar surface area (TPSA) is 69.7 Å². The fraction of sp³-hybridized carbons (Fsp3) is 0.0500. The lowest BCUT2D eigenvalue weighted by Gasteiger charge is -2.36. The number of hydrogen-bond donors (Lipinski definition) is 0. The van der Waals surface area contributed by atoms with Crippen molar-refractivity contribution in [2.24, 2.45) is 0 Å². The van der Waals surface area contributed by atoms with E-state index in [0.29, 0.717) is 22.6 Å². The molecule has 2 aliphatic rings. The molecule has 0 unspecified atom stereocenters. The van der Waals surface area contributed by atoms with Crippen molar-refractivity contribution in [3.8, 4) is 11.5 Å². The molecule has 3 aromatic rings. The molecule has 1 spiro atoms. The van der Waals surface area contributed by atoms with Crippen molar-refractivity contribution >= 4 is 16.2 Å². The molecule has 140 valence electrons. The van der Waals surface area contributed by atoms with E-state index in [1.807, 2.05) is 0 Å². The van der Waals surface area contributed by atoms with Crippen LogP contribution in [0.2, 0.25) is 0 Å². The second kappa shape index (κ2) is 5.39. The summed E-state index contributed by atoms with van der Waals surface area (Å²) in [5, 5.41) is 0. The zero-order valence-electron chi connectivity index (χ0n) is 14.0. The summed E-state index contributed by atoms with van der Waals surface area (Å²) in [6, 6.07) is 15.6. The minimum atomic E-state index is -5.35. The molecule has 0 bridgehead atoms. The van der Waals surface area contributed by atoms with Gasteiger partial charge in [0, 0.05) is 16.7 Å². The first-order valence-corrected chi connectivity index (χ1v) is 9.60. The summed E-state index contributed by atoms with van der Waals surface area (Å²) < 4.78 is 62.4. The fourth-order valence-electron chi connectivity index (χ4n) is 3.84. The molecular formula is C20H10F2O5S. The Labute approximate surface area is 158 Å². The molecule has 28 heavy (non-hydrogen) atoms. The minimum Gasteiger partial charge on any atom is -0.456 e. The van der Waals surface area contributed by atoms with E-state index in [-0.39, 0.29) is 5.56 Å². The molecule has 5 nitrogen and oxygen atoms in total. The summed E-state index contributed by atoms with van der Waals surface area (Å²) in [7, 11) is -5.35. The van der Waals surface area contributed by atoms with E-state index in [2.05, 4.69) is 0 Å². The van der Waals surface area contributed by atoms with Crippen molar-refractivity contribution < 1.29 is 31.0 Å². The number of fused-ring (bicyclic) bond motifs is 6. The third-order valence-corrected chi connectivity index (χ3v) is 5.79. The predicted molar refractivity (Wildman–Crippen MR) is 92.9 cm³/mol. The summed E-state index contributed by atoms with van der Waals surface area (Å²) in [6.45, 7) is 0. The van der Waals surface area contributed by atoms with E-state index in [9.17, 15) is 21.5 Å². The number of para-hydroxylation sites is 2. The normalized spacial score (nSPS) is 16.0. The Bertz CT molecular complexity index is 1240. The van der Waals surface area contributed by atoms with Gasteiger partial charge in [-0.1, -0.05) is 42.5 Å². The zero-order valence-corrected chi connectivity index (χ0v) is 14.8. The third kappa shape index (κ3) is 2.03. The maximum absolute atomic E-state index is 14.9. The summed E-state index contributed by atoms with van der Waals surface area (Å²) >= 11 is 0. The van der Waals surface area contributed by atoms with Gasteiger partial charge in [-0.05, 0) is 18.2 Å². The highest BCUT2D eigenvalue weighted by atomic mass is 32.3. The first kappa shape index (κ1) is 16.9. The predicted octanol–water partition coefficient (Wildman–Crippen LogP) is 4.05. The van der Waals surface area contributed by atoms with Gasteiger partial charge >= 0.3 is 16.2 Å². The number of rotatable bonds is 1. The maximum atomic E-state index is 14.9. The SMILES string of the molecule is O=C1OC2(c3ccccc3Oc3ccccc32)c2ccc(S(=O)(=O)F)c(F)c21. The van der Waals surface area contributed by atoms with Gasteiger partial charge in [0.05, 0.1) is 0 Å². The van der Waals surface area contributed by atoms with Crippen LogP contribution in [0.3, 0.4) is 0 Å². The minimum absolute atomic E-state index is 0.0885. The molecule has 0 fully saturated rings. The quantitative estimate of drug-likeness (QED) is 0.455. The number of benzene rings is 3. The van der Waals surface area contributed by atoms with E-state index in [1.54, 1.807) is 48.5 Å². The molecule has 3 aromatic carbocycles. The van der Waals surface area contributed by atoms with Crippen LogP contribution in [0.25, 0.3) is 0 Å². The molecule has 0 atom stereocenters. The number of halogens is 2. The molecule has 2 heterocycles. The van der Waals surface area contributed by atoms with Crippen molar-refractivity contribution in [2.45, 2.75) is 10.5 Å². The van der Waals surface area contributed by atoms with Crippen molar-refractivity contribution in [1.29, 1.82) is 0 Å². The Hall–Kier alpha value is -3.26. The average molecular weight is 400 g/mol. The number of carbonyl (C=O) groups is 1. The lowest BCUT2D eigenvalue weighted by atomic mass is 9.78. The molecule has 8 heteroatoms. The summed E-state index contributed by atoms with van der Waals surface area (Å²) in [5.41, 5.74) is -1.14. The Morgan fingerprint density at radius 3 is 1.96 bits per heavy atom. The lowest BCUT2D eigenvalue weighted by Crippen LogP contribution is -2.32. The largest absolute Gasteiger partial charge is 0.456 e. The fourth-order valence-corrected chi connectivity index (χ4v) is 4.39. The van der Waals surface area contributed by atoms with Crippen molar-refractivity contribution in [1.82, 2.24) is 0 Å². The van der Waals surface area contributed by atoms with Crippen LogP contribution in [0.15, 0.2) is 65.6 Å². The van der Waals surface area contributed by atoms with Gasteiger partial charge in [-0.2, -0.15) is 8.42 Å². The Morgan fingerprint density at radius 2 is 1.39 bits per heavy atom. The van der Waals surface area contributed by atoms with Crippen LogP contribution >= 0.6 is 0 Å². The van der Waals surface area contributed by atoms with Gasteiger partial charge < -0.3 is 9.47 Å². The van der Waals surface area contributed by atoms with Crippen molar-refractivity contribution in [2.75, 3.05) is 0 Å². The number of ether oxygens (including phenoxy) is 2. The van der Waals surface area contributed by atoms with Crippen LogP contribution in [-0.2, 0) is 20.6 Å². The highest BCUT2D eigenvalue weighted by Gasteiger charge is 2.55. The first-order chi connectivity index (χ1) is 13.3. The van der Waals surface area contributed by atoms with Gasteiger partial charge in [-0.15, -0.1) is 3.89 Å². The monoisotopic (exact) mass is 400 g/mol. The van der Waals surface area contributed by atoms with E-state index < -0.39 is 38.1 Å². The van der Waals surface area contributed by atoms with Crippen LogP contribution in [0.5, 0.6) is 11.5 Å². The highest BCUT2D eigenvalue weighted by molar-refractivity contribution is 7.86. The maximum Gasteiger partial charge on any atom is 0.343 e. The number of carbonyl (C=O) groups excluding carboxylic acids is 1. The van der Waals surface area contributed by atoms with Gasteiger partial charge in [0.15, 0.2) is 11.4 Å². The molecule has 0 N–H and O–H groups in total. The summed E-state index contributed by atoms with van der Waals surface area (Å²) in [6.07, 6.45) is 0. The first-order valence-electron chi connectivity index (χ1n) is 8.22. The second-order valence-electron chi connectivity index (χ2n) is 6.40. The summed E-state index contributed by atoms with van der Waals surface area (Å²) in [5.74, 6) is -1.73. The van der Waals surface area contributed by atoms with E-state index in [1.165, 1.54) is 6.07 Å². The van der Waals surface area contributed by atoms with Crippen LogP contribution in [0.4, 0.5) is 8.28 Å². The molecular weight excluding hydrogens is 390 g/mol. The number of hydrogen-bond acceptors (Lipinski definition) is 5. The molecule has 0 saturated heterocycles. The zero-order chi connectivity index (χ0) is 19.7. The van der Waals surface area contributed by atoms with E-state index >= 15 is 0 Å². The number of esters is 1. The van der Waals surface area contributed by atoms with Gasteiger partial charge in [0.2, 0.25) is 0 Å². The molecule has 0 aliphatic carbocycles. The third-order valence-electron chi connectivity index (χ3n) is 4.95. The molecule has 2 aliphatic heterocycles. The Morgan fingerprint density at radius 1 is 0.821 bits per heavy atom. The smallest absolute Gasteiger partial charge is 0.343 e. The van der Waals surface area contributed by atoms with Gasteiger partial charge in [-0.3, -0.25) is 0 Å². The Kier molecular flexibility index (Phi) is 3.25. The molecule has 0 amide bonds. The van der Waals surface area contributed by atoms with Crippen LogP contribution in [0.1, 0.15) is 27.0 Å². The van der Waals surface area contributed by atoms with Gasteiger partial charge in [0.25, 0.3) is 0 Å². The van der Waals surface area contributed by atoms with Crippen LogP contribution in [0, 0.1) is 5.82 Å². The van der Waals surface area contributed by atoms with Crippen LogP contribution < -0.4 is 4.74 Å². The van der Waals surface area contributed by atoms with E-state index in [0.717, 1.165) is 6.07 Å². The standard InChI is InChI=1S/C20H10F2O5S/c21-18-16(28(22,24)25)10-9-13-17(18)19(23)27-20(13)11-5-1-3-7-14(11)26-15-8-4-2-6-12(15)20/h1-10H. The molecule has 5 rings (SSSR count). The second-order valence-corrected chi connectivity index (χ2v) is 7.72. The molecule has 0 radical (unpaired) electrons. The lowest BCUT2D eigenvalue weighted by molar-refractivity contribution is 0.0222. The molecule has 0 saturated carbocycles. The van der Waals surface area contributed by atoms with Gasteiger partial charge in [0.1, 0.15) is 22.0 Å².